The average molecular weight is 396 g/mol. The number of non-ortho nitro benzene ring substituents is 1. The number of amides is 1. The van der Waals surface area contributed by atoms with Crippen LogP contribution in [-0.2, 0) is 4.79 Å². The summed E-state index contributed by atoms with van der Waals surface area (Å²) in [5.41, 5.74) is 1.14. The molecule has 0 aliphatic carbocycles. The zero-order chi connectivity index (χ0) is 20.8. The molecule has 8 heteroatoms. The fraction of sp³-hybridized carbons (Fsp3) is 0.190. The van der Waals surface area contributed by atoms with Crippen molar-refractivity contribution in [3.05, 3.63) is 76.7 Å². The molecule has 0 radical (unpaired) electrons. The highest BCUT2D eigenvalue weighted by Gasteiger charge is 2.16. The number of hydrogen-bond donors (Lipinski definition) is 1. The van der Waals surface area contributed by atoms with Crippen LogP contribution in [0.1, 0.15) is 18.7 Å². The third-order valence-electron chi connectivity index (χ3n) is 4.28. The number of benzene rings is 2. The lowest BCUT2D eigenvalue weighted by Gasteiger charge is -2.14. The molecule has 0 aliphatic heterocycles. The van der Waals surface area contributed by atoms with Gasteiger partial charge in [-0.1, -0.05) is 12.1 Å². The molecule has 8 nitrogen and oxygen atoms in total. The fourth-order valence-electron chi connectivity index (χ4n) is 2.79. The van der Waals surface area contributed by atoms with Crippen LogP contribution in [0.4, 0.5) is 5.69 Å². The molecule has 0 saturated carbocycles. The second kappa shape index (κ2) is 8.92. The minimum absolute atomic E-state index is 0.0703. The third-order valence-corrected chi connectivity index (χ3v) is 4.28. The third kappa shape index (κ3) is 4.92. The standard InChI is InChI=1S/C21H20N2O6/c1-14(19-4-3-11-28-19)22-21(24)13-29-20-10-7-16(23(25)26)12-18(20)15-5-8-17(27-2)9-6-15/h3-12,14H,13H2,1-2H3,(H,22,24)/t14-/m0/s1. The SMILES string of the molecule is COc1ccc(-c2cc([N+](=O)[O-])ccc2OCC(=O)N[C@@H](C)c2ccco2)cc1. The Hall–Kier alpha value is -3.81. The number of rotatable bonds is 8. The number of furan rings is 1. The molecule has 0 unspecified atom stereocenters. The lowest BCUT2D eigenvalue weighted by atomic mass is 10.0. The molecule has 1 N–H and O–H groups in total. The van der Waals surface area contributed by atoms with Crippen LogP contribution in [0.2, 0.25) is 0 Å². The maximum absolute atomic E-state index is 12.2. The van der Waals surface area contributed by atoms with Crippen molar-refractivity contribution in [2.45, 2.75) is 13.0 Å². The van der Waals surface area contributed by atoms with E-state index in [0.717, 1.165) is 0 Å². The summed E-state index contributed by atoms with van der Waals surface area (Å²) in [6, 6.07) is 14.5. The summed E-state index contributed by atoms with van der Waals surface area (Å²) in [6.07, 6.45) is 1.53. The van der Waals surface area contributed by atoms with E-state index in [1.165, 1.54) is 24.5 Å². The summed E-state index contributed by atoms with van der Waals surface area (Å²) < 4.78 is 16.1. The molecule has 1 aromatic heterocycles. The van der Waals surface area contributed by atoms with E-state index < -0.39 is 4.92 Å². The number of methoxy groups -OCH3 is 1. The molecule has 29 heavy (non-hydrogen) atoms. The van der Waals surface area contributed by atoms with Crippen molar-refractivity contribution in [1.29, 1.82) is 0 Å². The van der Waals surface area contributed by atoms with Crippen LogP contribution < -0.4 is 14.8 Å². The summed E-state index contributed by atoms with van der Waals surface area (Å²) >= 11 is 0. The molecule has 3 aromatic rings. The van der Waals surface area contributed by atoms with Crippen molar-refractivity contribution < 1.29 is 23.6 Å². The summed E-state index contributed by atoms with van der Waals surface area (Å²) in [6.45, 7) is 1.55. The summed E-state index contributed by atoms with van der Waals surface area (Å²) in [7, 11) is 1.55. The number of ether oxygens (including phenoxy) is 2. The van der Waals surface area contributed by atoms with Crippen molar-refractivity contribution in [1.82, 2.24) is 5.32 Å². The van der Waals surface area contributed by atoms with E-state index in [1.807, 2.05) is 0 Å². The van der Waals surface area contributed by atoms with E-state index in [4.69, 9.17) is 13.9 Å². The van der Waals surface area contributed by atoms with E-state index in [-0.39, 0.29) is 24.2 Å². The Kier molecular flexibility index (Phi) is 6.13. The van der Waals surface area contributed by atoms with Crippen LogP contribution in [0.3, 0.4) is 0 Å². The van der Waals surface area contributed by atoms with E-state index in [2.05, 4.69) is 5.32 Å². The fourth-order valence-corrected chi connectivity index (χ4v) is 2.79. The molecule has 0 spiro atoms. The second-order valence-electron chi connectivity index (χ2n) is 6.26. The number of nitrogens with zero attached hydrogens (tertiary/aromatic N) is 1. The van der Waals surface area contributed by atoms with Crippen molar-refractivity contribution in [3.63, 3.8) is 0 Å². The molecule has 0 aliphatic rings. The zero-order valence-corrected chi connectivity index (χ0v) is 16.0. The Morgan fingerprint density at radius 3 is 2.59 bits per heavy atom. The molecular weight excluding hydrogens is 376 g/mol. The van der Waals surface area contributed by atoms with Gasteiger partial charge >= 0.3 is 0 Å². The van der Waals surface area contributed by atoms with E-state index in [1.54, 1.807) is 50.4 Å². The number of nitro benzene ring substituents is 1. The molecule has 0 fully saturated rings. The van der Waals surface area contributed by atoms with Gasteiger partial charge in [0.1, 0.15) is 17.3 Å². The molecule has 150 valence electrons. The normalized spacial score (nSPS) is 11.5. The van der Waals surface area contributed by atoms with Gasteiger partial charge in [0.25, 0.3) is 11.6 Å². The minimum atomic E-state index is -0.478. The van der Waals surface area contributed by atoms with Crippen LogP contribution in [0.25, 0.3) is 11.1 Å². The molecular formula is C21H20N2O6. The van der Waals surface area contributed by atoms with Gasteiger partial charge in [-0.15, -0.1) is 0 Å². The van der Waals surface area contributed by atoms with Gasteiger partial charge in [-0.3, -0.25) is 14.9 Å². The summed E-state index contributed by atoms with van der Waals surface area (Å²) in [5, 5.41) is 13.9. The minimum Gasteiger partial charge on any atom is -0.497 e. The van der Waals surface area contributed by atoms with Crippen LogP contribution in [0.15, 0.2) is 65.3 Å². The first kappa shape index (κ1) is 19.9. The Morgan fingerprint density at radius 1 is 1.21 bits per heavy atom. The Balaban J connectivity index is 1.77. The van der Waals surface area contributed by atoms with Gasteiger partial charge in [-0.25, -0.2) is 0 Å². The van der Waals surface area contributed by atoms with Gasteiger partial charge in [0.2, 0.25) is 0 Å². The van der Waals surface area contributed by atoms with Gasteiger partial charge < -0.3 is 19.2 Å². The maximum atomic E-state index is 12.2. The van der Waals surface area contributed by atoms with Crippen LogP contribution in [-0.4, -0.2) is 24.5 Å². The van der Waals surface area contributed by atoms with Crippen LogP contribution >= 0.6 is 0 Å². The van der Waals surface area contributed by atoms with Crippen LogP contribution in [0.5, 0.6) is 11.5 Å². The monoisotopic (exact) mass is 396 g/mol. The number of carbonyl (C=O) groups excluding carboxylic acids is 1. The van der Waals surface area contributed by atoms with Gasteiger partial charge in [0, 0.05) is 17.7 Å². The van der Waals surface area contributed by atoms with E-state index >= 15 is 0 Å². The quantitative estimate of drug-likeness (QED) is 0.454. The Labute approximate surface area is 167 Å². The van der Waals surface area contributed by atoms with Crippen molar-refractivity contribution in [2.24, 2.45) is 0 Å². The largest absolute Gasteiger partial charge is 0.497 e. The second-order valence-corrected chi connectivity index (χ2v) is 6.26. The lowest BCUT2D eigenvalue weighted by molar-refractivity contribution is -0.384. The number of hydrogen-bond acceptors (Lipinski definition) is 6. The molecule has 3 rings (SSSR count). The molecule has 2 aromatic carbocycles. The Bertz CT molecular complexity index is 983. The molecule has 0 saturated heterocycles. The maximum Gasteiger partial charge on any atom is 0.270 e. The van der Waals surface area contributed by atoms with E-state index in [9.17, 15) is 14.9 Å². The number of nitro groups is 1. The molecule has 1 amide bonds. The Morgan fingerprint density at radius 2 is 1.97 bits per heavy atom. The highest BCUT2D eigenvalue weighted by Crippen LogP contribution is 2.34. The van der Waals surface area contributed by atoms with Gasteiger partial charge in [0.05, 0.1) is 24.3 Å². The smallest absolute Gasteiger partial charge is 0.270 e. The highest BCUT2D eigenvalue weighted by molar-refractivity contribution is 5.79. The van der Waals surface area contributed by atoms with Crippen LogP contribution in [0, 0.1) is 10.1 Å². The number of carbonyl (C=O) groups is 1. The molecule has 1 atom stereocenters. The van der Waals surface area contributed by atoms with E-state index in [0.29, 0.717) is 28.4 Å². The predicted molar refractivity (Wildman–Crippen MR) is 106 cm³/mol. The summed E-state index contributed by atoms with van der Waals surface area (Å²) in [4.78, 5) is 22.9. The van der Waals surface area contributed by atoms with Gasteiger partial charge in [-0.05, 0) is 42.8 Å². The van der Waals surface area contributed by atoms with Crippen molar-refractivity contribution >= 4 is 11.6 Å². The first-order valence-corrected chi connectivity index (χ1v) is 8.86. The molecule has 0 bridgehead atoms. The highest BCUT2D eigenvalue weighted by atomic mass is 16.6. The topological polar surface area (TPSA) is 104 Å². The van der Waals surface area contributed by atoms with Gasteiger partial charge in [-0.2, -0.15) is 0 Å². The lowest BCUT2D eigenvalue weighted by Crippen LogP contribution is -2.31. The van der Waals surface area contributed by atoms with Gasteiger partial charge in [0.15, 0.2) is 6.61 Å². The van der Waals surface area contributed by atoms with Crippen molar-refractivity contribution in [2.75, 3.05) is 13.7 Å². The first-order valence-electron chi connectivity index (χ1n) is 8.86. The molecule has 1 heterocycles. The number of nitrogens with one attached hydrogen (secondary N) is 1. The van der Waals surface area contributed by atoms with Crippen molar-refractivity contribution in [3.8, 4) is 22.6 Å². The summed E-state index contributed by atoms with van der Waals surface area (Å²) in [5.74, 6) is 1.31. The zero-order valence-electron chi connectivity index (χ0n) is 16.0. The average Bonchev–Trinajstić information content (AvgIpc) is 3.27. The first-order chi connectivity index (χ1) is 14.0. The predicted octanol–water partition coefficient (Wildman–Crippen LogP) is 4.12.